The maximum Gasteiger partial charge on any atom is 0.241 e. The van der Waals surface area contributed by atoms with Crippen molar-refractivity contribution in [2.75, 3.05) is 5.32 Å². The van der Waals surface area contributed by atoms with Crippen molar-refractivity contribution in [1.82, 2.24) is 15.1 Å². The Labute approximate surface area is 105 Å². The van der Waals surface area contributed by atoms with Crippen LogP contribution in [-0.2, 0) is 16.1 Å². The Morgan fingerprint density at radius 2 is 2.11 bits per heavy atom. The van der Waals surface area contributed by atoms with Crippen molar-refractivity contribution in [3.63, 3.8) is 0 Å². The van der Waals surface area contributed by atoms with Gasteiger partial charge < -0.3 is 10.6 Å². The van der Waals surface area contributed by atoms with Gasteiger partial charge in [0.25, 0.3) is 0 Å². The van der Waals surface area contributed by atoms with Crippen molar-refractivity contribution >= 4 is 17.5 Å². The average Bonchev–Trinajstić information content (AvgIpc) is 3.20. The molecule has 0 atom stereocenters. The van der Waals surface area contributed by atoms with Gasteiger partial charge in [-0.15, -0.1) is 0 Å². The lowest BCUT2D eigenvalue weighted by Gasteiger charge is -2.02. The summed E-state index contributed by atoms with van der Waals surface area (Å²) in [4.78, 5) is 23.1. The van der Waals surface area contributed by atoms with E-state index >= 15 is 0 Å². The minimum Gasteiger partial charge on any atom is -0.352 e. The molecule has 2 amide bonds. The number of carbonyl (C=O) groups is 2. The predicted molar refractivity (Wildman–Crippen MR) is 64.7 cm³/mol. The average molecular weight is 248 g/mol. The molecule has 0 aromatic carbocycles. The van der Waals surface area contributed by atoms with E-state index in [1.807, 2.05) is 0 Å². The molecule has 2 N–H and O–H groups in total. The van der Waals surface area contributed by atoms with E-state index in [2.05, 4.69) is 15.7 Å². The summed E-state index contributed by atoms with van der Waals surface area (Å²) >= 11 is 0. The molecule has 0 spiro atoms. The van der Waals surface area contributed by atoms with Crippen LogP contribution in [0.1, 0.15) is 25.7 Å². The first kappa shape index (κ1) is 11.3. The van der Waals surface area contributed by atoms with Gasteiger partial charge >= 0.3 is 0 Å². The van der Waals surface area contributed by atoms with E-state index in [1.54, 1.807) is 17.1 Å². The number of rotatable bonds is 5. The van der Waals surface area contributed by atoms with E-state index in [1.165, 1.54) is 0 Å². The zero-order valence-corrected chi connectivity index (χ0v) is 10.1. The van der Waals surface area contributed by atoms with Crippen LogP contribution in [0.3, 0.4) is 0 Å². The van der Waals surface area contributed by atoms with Crippen molar-refractivity contribution < 1.29 is 9.59 Å². The minimum absolute atomic E-state index is 0.0272. The third-order valence-corrected chi connectivity index (χ3v) is 3.10. The van der Waals surface area contributed by atoms with Gasteiger partial charge in [-0.1, -0.05) is 0 Å². The Balaban J connectivity index is 1.51. The van der Waals surface area contributed by atoms with Crippen LogP contribution < -0.4 is 10.6 Å². The third-order valence-electron chi connectivity index (χ3n) is 3.10. The summed E-state index contributed by atoms with van der Waals surface area (Å²) in [6.45, 7) is 0.204. The van der Waals surface area contributed by atoms with Crippen LogP contribution in [0.25, 0.3) is 0 Å². The van der Waals surface area contributed by atoms with E-state index in [-0.39, 0.29) is 24.3 Å². The smallest absolute Gasteiger partial charge is 0.241 e. The molecule has 2 aliphatic carbocycles. The van der Waals surface area contributed by atoms with Gasteiger partial charge in [0.05, 0.1) is 11.9 Å². The molecule has 6 heteroatoms. The molecule has 18 heavy (non-hydrogen) atoms. The molecular formula is C12H16N4O2. The quantitative estimate of drug-likeness (QED) is 0.797. The highest BCUT2D eigenvalue weighted by Gasteiger charge is 2.29. The Bertz CT molecular complexity index is 474. The van der Waals surface area contributed by atoms with Gasteiger partial charge in [0.1, 0.15) is 6.54 Å². The van der Waals surface area contributed by atoms with E-state index in [0.717, 1.165) is 25.7 Å². The summed E-state index contributed by atoms with van der Waals surface area (Å²) in [5, 5.41) is 9.75. The van der Waals surface area contributed by atoms with Crippen LogP contribution >= 0.6 is 0 Å². The molecule has 2 saturated carbocycles. The van der Waals surface area contributed by atoms with Gasteiger partial charge in [0.15, 0.2) is 0 Å². The minimum atomic E-state index is -0.0272. The first-order chi connectivity index (χ1) is 8.70. The number of anilines is 1. The topological polar surface area (TPSA) is 76.0 Å². The fourth-order valence-electron chi connectivity index (χ4n) is 1.75. The second kappa shape index (κ2) is 4.44. The monoisotopic (exact) mass is 248 g/mol. The summed E-state index contributed by atoms with van der Waals surface area (Å²) < 4.78 is 1.54. The van der Waals surface area contributed by atoms with Gasteiger partial charge in [-0.25, -0.2) is 0 Å². The molecule has 1 heterocycles. The number of amides is 2. The first-order valence-electron chi connectivity index (χ1n) is 6.33. The lowest BCUT2D eigenvalue weighted by molar-refractivity contribution is -0.122. The molecule has 0 unspecified atom stereocenters. The summed E-state index contributed by atoms with van der Waals surface area (Å²) in [6, 6.07) is 0.363. The second-order valence-electron chi connectivity index (χ2n) is 5.03. The molecule has 2 fully saturated rings. The van der Waals surface area contributed by atoms with Crippen LogP contribution in [0, 0.1) is 5.92 Å². The molecule has 3 rings (SSSR count). The summed E-state index contributed by atoms with van der Waals surface area (Å²) in [5.41, 5.74) is 0.658. The number of hydrogen-bond donors (Lipinski definition) is 2. The molecule has 0 bridgehead atoms. The fourth-order valence-corrected chi connectivity index (χ4v) is 1.75. The predicted octanol–water partition coefficient (Wildman–Crippen LogP) is 0.510. The number of hydrogen-bond acceptors (Lipinski definition) is 3. The molecule has 1 aromatic heterocycles. The van der Waals surface area contributed by atoms with Gasteiger partial charge in [0.2, 0.25) is 11.8 Å². The van der Waals surface area contributed by atoms with Crippen molar-refractivity contribution in [3.8, 4) is 0 Å². The SMILES string of the molecule is O=C(Cn1cc(NC(=O)C2CC2)cn1)NC1CC1. The Morgan fingerprint density at radius 3 is 2.78 bits per heavy atom. The largest absolute Gasteiger partial charge is 0.352 e. The molecular weight excluding hydrogens is 232 g/mol. The Morgan fingerprint density at radius 1 is 1.33 bits per heavy atom. The number of aromatic nitrogens is 2. The highest BCUT2D eigenvalue weighted by molar-refractivity contribution is 5.93. The molecule has 2 aliphatic rings. The Hall–Kier alpha value is -1.85. The number of carbonyl (C=O) groups excluding carboxylic acids is 2. The van der Waals surface area contributed by atoms with Gasteiger partial charge in [-0.05, 0) is 25.7 Å². The van der Waals surface area contributed by atoms with Crippen LogP contribution in [0.2, 0.25) is 0 Å². The third kappa shape index (κ3) is 2.88. The van der Waals surface area contributed by atoms with Gasteiger partial charge in [-0.3, -0.25) is 14.3 Å². The van der Waals surface area contributed by atoms with Crippen molar-refractivity contribution in [3.05, 3.63) is 12.4 Å². The van der Waals surface area contributed by atoms with E-state index in [0.29, 0.717) is 11.7 Å². The summed E-state index contributed by atoms with van der Waals surface area (Å²) in [5.74, 6) is 0.198. The number of nitrogens with one attached hydrogen (secondary N) is 2. The fraction of sp³-hybridized carbons (Fsp3) is 0.583. The molecule has 96 valence electrons. The molecule has 0 aliphatic heterocycles. The van der Waals surface area contributed by atoms with Gasteiger partial charge in [0, 0.05) is 18.2 Å². The van der Waals surface area contributed by atoms with Crippen LogP contribution in [0.5, 0.6) is 0 Å². The maximum absolute atomic E-state index is 11.6. The Kier molecular flexibility index (Phi) is 2.77. The highest BCUT2D eigenvalue weighted by atomic mass is 16.2. The van der Waals surface area contributed by atoms with Gasteiger partial charge in [-0.2, -0.15) is 5.10 Å². The van der Waals surface area contributed by atoms with Crippen LogP contribution in [-0.4, -0.2) is 27.6 Å². The molecule has 0 saturated heterocycles. The van der Waals surface area contributed by atoms with Crippen molar-refractivity contribution in [2.24, 2.45) is 5.92 Å². The molecule has 0 radical (unpaired) electrons. The number of nitrogens with zero attached hydrogens (tertiary/aromatic N) is 2. The van der Waals surface area contributed by atoms with Crippen molar-refractivity contribution in [2.45, 2.75) is 38.3 Å². The van der Waals surface area contributed by atoms with Crippen LogP contribution in [0.15, 0.2) is 12.4 Å². The highest BCUT2D eigenvalue weighted by Crippen LogP contribution is 2.30. The second-order valence-corrected chi connectivity index (χ2v) is 5.03. The molecule has 6 nitrogen and oxygen atoms in total. The zero-order valence-electron chi connectivity index (χ0n) is 10.1. The lowest BCUT2D eigenvalue weighted by atomic mass is 10.4. The standard InChI is InChI=1S/C12H16N4O2/c17-11(14-9-3-4-9)7-16-6-10(5-13-16)15-12(18)8-1-2-8/h5-6,8-9H,1-4,7H2,(H,14,17)(H,15,18). The van der Waals surface area contributed by atoms with Crippen LogP contribution in [0.4, 0.5) is 5.69 Å². The normalized spacial score (nSPS) is 18.4. The van der Waals surface area contributed by atoms with Crippen molar-refractivity contribution in [1.29, 1.82) is 0 Å². The lowest BCUT2D eigenvalue weighted by Crippen LogP contribution is -2.29. The summed E-state index contributed by atoms with van der Waals surface area (Å²) in [7, 11) is 0. The van der Waals surface area contributed by atoms with E-state index < -0.39 is 0 Å². The molecule has 1 aromatic rings. The zero-order chi connectivity index (χ0) is 12.5. The maximum atomic E-state index is 11.6. The van der Waals surface area contributed by atoms with E-state index in [4.69, 9.17) is 0 Å². The summed E-state index contributed by atoms with van der Waals surface area (Å²) in [6.07, 6.45) is 7.37. The van der Waals surface area contributed by atoms with E-state index in [9.17, 15) is 9.59 Å². The first-order valence-corrected chi connectivity index (χ1v) is 6.33.